The van der Waals surface area contributed by atoms with Crippen LogP contribution in [0.3, 0.4) is 0 Å². The molecule has 0 saturated carbocycles. The van der Waals surface area contributed by atoms with E-state index in [-0.39, 0.29) is 56.1 Å². The molecule has 248 valence electrons. The minimum absolute atomic E-state index is 0.116. The van der Waals surface area contributed by atoms with Crippen molar-refractivity contribution < 1.29 is 38.7 Å². The summed E-state index contributed by atoms with van der Waals surface area (Å²) >= 11 is 0. The summed E-state index contributed by atoms with van der Waals surface area (Å²) in [7, 11) is 0. The molecule has 0 radical (unpaired) electrons. The number of primary amides is 1. The van der Waals surface area contributed by atoms with Crippen LogP contribution in [0.2, 0.25) is 0 Å². The van der Waals surface area contributed by atoms with Gasteiger partial charge in [0.1, 0.15) is 0 Å². The van der Waals surface area contributed by atoms with Gasteiger partial charge in [0.2, 0.25) is 11.8 Å². The number of hydrogen-bond acceptors (Lipinski definition) is 8. The van der Waals surface area contributed by atoms with Crippen LogP contribution in [0.4, 0.5) is 10.5 Å². The van der Waals surface area contributed by atoms with Crippen molar-refractivity contribution in [2.45, 2.75) is 71.4 Å². The zero-order valence-electron chi connectivity index (χ0n) is 26.3. The van der Waals surface area contributed by atoms with Gasteiger partial charge in [-0.05, 0) is 61.4 Å². The predicted molar refractivity (Wildman–Crippen MR) is 169 cm³/mol. The van der Waals surface area contributed by atoms with Gasteiger partial charge in [-0.15, -0.1) is 5.06 Å². The molecule has 0 saturated heterocycles. The molecule has 6 N–H and O–H groups in total. The number of amides is 6. The highest BCUT2D eigenvalue weighted by Crippen LogP contribution is 2.23. The number of rotatable bonds is 19. The van der Waals surface area contributed by atoms with Crippen molar-refractivity contribution in [1.82, 2.24) is 15.7 Å². The number of benzene rings is 2. The molecule has 2 aromatic rings. The topological polar surface area (TPSA) is 197 Å². The first-order valence-electron chi connectivity index (χ1n) is 15.5. The lowest BCUT2D eigenvalue weighted by molar-refractivity contribution is -0.131. The molecule has 13 heteroatoms. The van der Waals surface area contributed by atoms with Crippen molar-refractivity contribution in [3.63, 3.8) is 0 Å². The minimum Gasteiger partial charge on any atom is -0.392 e. The number of unbranched alkanes of at least 4 members (excludes halogenated alkanes) is 2. The summed E-state index contributed by atoms with van der Waals surface area (Å²) in [5, 5.41) is 18.1. The molecule has 6 amide bonds. The van der Waals surface area contributed by atoms with Crippen molar-refractivity contribution in [1.29, 1.82) is 0 Å². The third-order valence-electron chi connectivity index (χ3n) is 7.61. The van der Waals surface area contributed by atoms with E-state index >= 15 is 0 Å². The summed E-state index contributed by atoms with van der Waals surface area (Å²) in [6.45, 7) is 3.87. The largest absolute Gasteiger partial charge is 0.392 e. The second kappa shape index (κ2) is 17.8. The highest BCUT2D eigenvalue weighted by atomic mass is 16.7. The van der Waals surface area contributed by atoms with Gasteiger partial charge in [-0.1, -0.05) is 44.5 Å². The molecule has 0 aromatic heterocycles. The average Bonchev–Trinajstić information content (AvgIpc) is 3.27. The molecule has 0 fully saturated rings. The number of hydroxylamine groups is 2. The number of Topliss-reactive ketones (excluding diaryl/α,β-unsaturated/α-hetero) is 1. The lowest BCUT2D eigenvalue weighted by Crippen LogP contribution is -2.45. The van der Waals surface area contributed by atoms with Gasteiger partial charge in [-0.2, -0.15) is 0 Å². The van der Waals surface area contributed by atoms with Crippen LogP contribution in [0.5, 0.6) is 0 Å². The summed E-state index contributed by atoms with van der Waals surface area (Å²) in [5.41, 5.74) is 6.94. The zero-order chi connectivity index (χ0) is 33.6. The van der Waals surface area contributed by atoms with E-state index < -0.39 is 29.8 Å². The van der Waals surface area contributed by atoms with E-state index in [1.54, 1.807) is 48.5 Å². The molecule has 1 aliphatic heterocycles. The van der Waals surface area contributed by atoms with Gasteiger partial charge >= 0.3 is 6.03 Å². The van der Waals surface area contributed by atoms with Crippen molar-refractivity contribution in [3.05, 3.63) is 65.2 Å². The van der Waals surface area contributed by atoms with Crippen LogP contribution < -0.4 is 21.7 Å². The second-order valence-corrected chi connectivity index (χ2v) is 11.5. The lowest BCUT2D eigenvalue weighted by Gasteiger charge is -2.24. The van der Waals surface area contributed by atoms with Gasteiger partial charge < -0.3 is 26.8 Å². The number of hydrogen-bond donors (Lipinski definition) is 5. The molecule has 3 rings (SSSR count). The van der Waals surface area contributed by atoms with Gasteiger partial charge in [-0.25, -0.2) is 4.79 Å². The van der Waals surface area contributed by atoms with Crippen molar-refractivity contribution in [2.24, 2.45) is 17.6 Å². The van der Waals surface area contributed by atoms with E-state index in [4.69, 9.17) is 10.6 Å². The van der Waals surface area contributed by atoms with Crippen LogP contribution in [0.15, 0.2) is 48.5 Å². The number of ketones is 1. The van der Waals surface area contributed by atoms with Crippen molar-refractivity contribution >= 4 is 41.1 Å². The Morgan fingerprint density at radius 3 is 2.15 bits per heavy atom. The van der Waals surface area contributed by atoms with Crippen molar-refractivity contribution in [3.8, 4) is 0 Å². The molecule has 0 aliphatic carbocycles. The van der Waals surface area contributed by atoms with Gasteiger partial charge in [0.05, 0.1) is 30.4 Å². The quantitative estimate of drug-likeness (QED) is 0.114. The zero-order valence-corrected chi connectivity index (χ0v) is 26.3. The Hall–Kier alpha value is -4.62. The maximum Gasteiger partial charge on any atom is 0.312 e. The monoisotopic (exact) mass is 637 g/mol. The smallest absolute Gasteiger partial charge is 0.312 e. The van der Waals surface area contributed by atoms with Gasteiger partial charge in [0, 0.05) is 31.0 Å². The van der Waals surface area contributed by atoms with E-state index in [1.165, 1.54) is 0 Å². The number of carbonyl (C=O) groups is 6. The third-order valence-corrected chi connectivity index (χ3v) is 7.61. The number of fused-ring (bicyclic) bond motifs is 1. The summed E-state index contributed by atoms with van der Waals surface area (Å²) in [4.78, 5) is 80.6. The van der Waals surface area contributed by atoms with Crippen molar-refractivity contribution in [2.75, 3.05) is 18.5 Å². The number of nitrogens with two attached hydrogens (primary N) is 1. The van der Waals surface area contributed by atoms with E-state index in [0.717, 1.165) is 5.06 Å². The number of anilines is 1. The molecule has 1 heterocycles. The first-order valence-corrected chi connectivity index (χ1v) is 15.5. The Kier molecular flexibility index (Phi) is 13.8. The lowest BCUT2D eigenvalue weighted by atomic mass is 9.89. The Morgan fingerprint density at radius 2 is 1.57 bits per heavy atom. The number of carbonyl (C=O) groups excluding carboxylic acids is 6. The Bertz CT molecular complexity index is 1360. The molecular formula is C33H43N5O8. The SMILES string of the molecule is CC(C)[C@H](NC(=O)CCCCCON1C(=O)c2ccccc2C1=O)C(=O)C[C@@H](CCCNC(N)=O)C(=O)Nc1ccc(CO)cc1. The average molecular weight is 638 g/mol. The summed E-state index contributed by atoms with van der Waals surface area (Å²) < 4.78 is 0. The Labute approximate surface area is 268 Å². The number of urea groups is 1. The molecule has 0 unspecified atom stereocenters. The first kappa shape index (κ1) is 35.9. The standard InChI is InChI=1S/C33H43N5O8/c1-21(2)29(37-28(41)12-4-3-7-18-46-38-31(43)25-10-5-6-11-26(25)32(38)44)27(40)19-23(9-8-17-35-33(34)45)30(42)36-24-15-13-22(20-39)14-16-24/h5-6,10-11,13-16,21,23,29,39H,3-4,7-9,12,17-20H2,1-2H3,(H,36,42)(H,37,41)(H3,34,35,45)/t23-,29+/m1/s1. The van der Waals surface area contributed by atoms with Crippen LogP contribution in [0.1, 0.15) is 85.1 Å². The van der Waals surface area contributed by atoms with Crippen LogP contribution in [-0.2, 0) is 25.8 Å². The number of imide groups is 1. The van der Waals surface area contributed by atoms with E-state index in [2.05, 4.69) is 16.0 Å². The Morgan fingerprint density at radius 1 is 0.913 bits per heavy atom. The maximum absolute atomic E-state index is 13.4. The highest BCUT2D eigenvalue weighted by Gasteiger charge is 2.36. The van der Waals surface area contributed by atoms with E-state index in [0.29, 0.717) is 54.5 Å². The van der Waals surface area contributed by atoms with E-state index in [1.807, 2.05) is 13.8 Å². The molecule has 0 spiro atoms. The molecule has 2 atom stereocenters. The van der Waals surface area contributed by atoms with Gasteiger partial charge in [-0.3, -0.25) is 28.8 Å². The fourth-order valence-corrected chi connectivity index (χ4v) is 5.06. The van der Waals surface area contributed by atoms with Crippen LogP contribution in [-0.4, -0.2) is 64.8 Å². The Balaban J connectivity index is 1.47. The number of aliphatic hydroxyl groups is 1. The summed E-state index contributed by atoms with van der Waals surface area (Å²) in [5.74, 6) is -2.90. The number of nitrogens with zero attached hydrogens (tertiary/aromatic N) is 1. The number of aliphatic hydroxyl groups excluding tert-OH is 1. The molecule has 2 aromatic carbocycles. The molecular weight excluding hydrogens is 594 g/mol. The highest BCUT2D eigenvalue weighted by molar-refractivity contribution is 6.20. The predicted octanol–water partition coefficient (Wildman–Crippen LogP) is 3.07. The maximum atomic E-state index is 13.4. The minimum atomic E-state index is -0.799. The van der Waals surface area contributed by atoms with Crippen LogP contribution in [0, 0.1) is 11.8 Å². The summed E-state index contributed by atoms with van der Waals surface area (Å²) in [6, 6.07) is 11.7. The van der Waals surface area contributed by atoms with Crippen LogP contribution >= 0.6 is 0 Å². The van der Waals surface area contributed by atoms with Crippen LogP contribution in [0.25, 0.3) is 0 Å². The normalized spacial score (nSPS) is 13.7. The molecule has 1 aliphatic rings. The third kappa shape index (κ3) is 10.5. The second-order valence-electron chi connectivity index (χ2n) is 11.5. The van der Waals surface area contributed by atoms with Gasteiger partial charge in [0.25, 0.3) is 11.8 Å². The number of nitrogens with one attached hydrogen (secondary N) is 3. The molecule has 13 nitrogen and oxygen atoms in total. The fraction of sp³-hybridized carbons (Fsp3) is 0.455. The van der Waals surface area contributed by atoms with E-state index in [9.17, 15) is 33.9 Å². The first-order chi connectivity index (χ1) is 22.0. The summed E-state index contributed by atoms with van der Waals surface area (Å²) in [6.07, 6.45) is 2.37. The fourth-order valence-electron chi connectivity index (χ4n) is 5.06. The molecule has 0 bridgehead atoms. The van der Waals surface area contributed by atoms with Gasteiger partial charge in [0.15, 0.2) is 5.78 Å². The molecule has 46 heavy (non-hydrogen) atoms.